The summed E-state index contributed by atoms with van der Waals surface area (Å²) in [5.74, 6) is 5.40. The standard InChI is InChI=1S/C28H48O2/c1-6-20(3)30-26(29)15-10-19(2)23-13-14-24-22-12-11-21-9-7-8-17-27(21,4)25(22)16-18-28(23,24)5/h19-25H,6-18H2,1-5H3. The average molecular weight is 417 g/mol. The first-order chi connectivity index (χ1) is 14.3. The molecule has 0 amide bonds. The minimum absolute atomic E-state index is 0.0168. The molecule has 30 heavy (non-hydrogen) atoms. The summed E-state index contributed by atoms with van der Waals surface area (Å²) in [4.78, 5) is 12.2. The summed E-state index contributed by atoms with van der Waals surface area (Å²) in [5.41, 5.74) is 1.16. The van der Waals surface area contributed by atoms with Crippen LogP contribution in [0.15, 0.2) is 0 Å². The van der Waals surface area contributed by atoms with Crippen molar-refractivity contribution in [1.29, 1.82) is 0 Å². The number of ether oxygens (including phenoxy) is 1. The van der Waals surface area contributed by atoms with Crippen LogP contribution in [0.4, 0.5) is 0 Å². The van der Waals surface area contributed by atoms with E-state index in [2.05, 4.69) is 27.7 Å². The highest BCUT2D eigenvalue weighted by molar-refractivity contribution is 5.69. The largest absolute Gasteiger partial charge is 0.463 e. The van der Waals surface area contributed by atoms with Crippen LogP contribution in [0.1, 0.15) is 118 Å². The Morgan fingerprint density at radius 3 is 2.47 bits per heavy atom. The molecule has 9 unspecified atom stereocenters. The number of carbonyl (C=O) groups is 1. The van der Waals surface area contributed by atoms with Gasteiger partial charge in [-0.2, -0.15) is 0 Å². The highest BCUT2D eigenvalue weighted by atomic mass is 16.5. The zero-order valence-electron chi connectivity index (χ0n) is 20.6. The molecule has 0 bridgehead atoms. The Morgan fingerprint density at radius 1 is 0.933 bits per heavy atom. The Labute approximate surface area is 186 Å². The predicted octanol–water partition coefficient (Wildman–Crippen LogP) is 7.79. The maximum atomic E-state index is 12.2. The van der Waals surface area contributed by atoms with Gasteiger partial charge in [0.15, 0.2) is 0 Å². The summed E-state index contributed by atoms with van der Waals surface area (Å²) >= 11 is 0. The van der Waals surface area contributed by atoms with Gasteiger partial charge in [-0.3, -0.25) is 4.79 Å². The van der Waals surface area contributed by atoms with E-state index in [1.807, 2.05) is 6.92 Å². The molecule has 9 atom stereocenters. The van der Waals surface area contributed by atoms with Crippen LogP contribution in [0.5, 0.6) is 0 Å². The van der Waals surface area contributed by atoms with Crippen LogP contribution in [0.25, 0.3) is 0 Å². The van der Waals surface area contributed by atoms with Crippen LogP contribution in [0.2, 0.25) is 0 Å². The number of fused-ring (bicyclic) bond motifs is 5. The third kappa shape index (κ3) is 3.88. The van der Waals surface area contributed by atoms with Crippen LogP contribution < -0.4 is 0 Å². The van der Waals surface area contributed by atoms with Crippen molar-refractivity contribution in [3.8, 4) is 0 Å². The minimum atomic E-state index is 0.0168. The van der Waals surface area contributed by atoms with Crippen molar-refractivity contribution in [1.82, 2.24) is 0 Å². The van der Waals surface area contributed by atoms with Gasteiger partial charge in [-0.25, -0.2) is 0 Å². The van der Waals surface area contributed by atoms with Gasteiger partial charge in [0.25, 0.3) is 0 Å². The fourth-order valence-electron chi connectivity index (χ4n) is 9.18. The molecule has 4 rings (SSSR count). The number of esters is 1. The Kier molecular flexibility index (Phi) is 6.63. The minimum Gasteiger partial charge on any atom is -0.463 e. The van der Waals surface area contributed by atoms with E-state index in [4.69, 9.17) is 4.74 Å². The van der Waals surface area contributed by atoms with Crippen LogP contribution in [0, 0.1) is 46.3 Å². The number of carbonyl (C=O) groups excluding carboxylic acids is 1. The van der Waals surface area contributed by atoms with Crippen molar-refractivity contribution < 1.29 is 9.53 Å². The van der Waals surface area contributed by atoms with Gasteiger partial charge in [-0.05, 0) is 117 Å². The summed E-state index contributed by atoms with van der Waals surface area (Å²) in [7, 11) is 0. The lowest BCUT2D eigenvalue weighted by atomic mass is 9.44. The predicted molar refractivity (Wildman–Crippen MR) is 124 cm³/mol. The van der Waals surface area contributed by atoms with E-state index in [1.54, 1.807) is 0 Å². The molecule has 0 spiro atoms. The molecule has 0 aliphatic heterocycles. The smallest absolute Gasteiger partial charge is 0.306 e. The van der Waals surface area contributed by atoms with E-state index in [1.165, 1.54) is 64.2 Å². The van der Waals surface area contributed by atoms with E-state index in [0.29, 0.717) is 23.2 Å². The molecule has 2 nitrogen and oxygen atoms in total. The van der Waals surface area contributed by atoms with Gasteiger partial charge in [0.2, 0.25) is 0 Å². The summed E-state index contributed by atoms with van der Waals surface area (Å²) in [5, 5.41) is 0. The second kappa shape index (κ2) is 8.78. The molecule has 172 valence electrons. The lowest BCUT2D eigenvalue weighted by Crippen LogP contribution is -2.53. The quantitative estimate of drug-likeness (QED) is 0.413. The normalized spacial score (nSPS) is 45.0. The molecule has 4 fully saturated rings. The number of hydrogen-bond donors (Lipinski definition) is 0. The molecule has 4 saturated carbocycles. The van der Waals surface area contributed by atoms with E-state index < -0.39 is 0 Å². The molecule has 4 aliphatic rings. The van der Waals surface area contributed by atoms with Gasteiger partial charge in [-0.15, -0.1) is 0 Å². The summed E-state index contributed by atoms with van der Waals surface area (Å²) in [6.07, 6.45) is 17.3. The Balaban J connectivity index is 1.40. The summed E-state index contributed by atoms with van der Waals surface area (Å²) < 4.78 is 5.54. The molecule has 0 N–H and O–H groups in total. The second-order valence-electron chi connectivity index (χ2n) is 12.4. The van der Waals surface area contributed by atoms with Gasteiger partial charge in [-0.1, -0.05) is 40.5 Å². The molecule has 0 aromatic carbocycles. The van der Waals surface area contributed by atoms with Gasteiger partial charge < -0.3 is 4.74 Å². The molecule has 0 saturated heterocycles. The second-order valence-corrected chi connectivity index (χ2v) is 12.4. The van der Waals surface area contributed by atoms with Gasteiger partial charge in [0.1, 0.15) is 0 Å². The molecular formula is C28H48O2. The topological polar surface area (TPSA) is 26.3 Å². The van der Waals surface area contributed by atoms with Crippen molar-refractivity contribution in [3.05, 3.63) is 0 Å². The maximum Gasteiger partial charge on any atom is 0.306 e. The van der Waals surface area contributed by atoms with Crippen molar-refractivity contribution in [2.45, 2.75) is 124 Å². The van der Waals surface area contributed by atoms with Crippen molar-refractivity contribution >= 4 is 5.97 Å². The van der Waals surface area contributed by atoms with E-state index in [-0.39, 0.29) is 12.1 Å². The molecule has 4 aliphatic carbocycles. The molecule has 0 radical (unpaired) electrons. The molecule has 2 heteroatoms. The monoisotopic (exact) mass is 416 g/mol. The van der Waals surface area contributed by atoms with E-state index in [9.17, 15) is 4.79 Å². The number of rotatable bonds is 6. The first-order valence-electron chi connectivity index (χ1n) is 13.5. The number of hydrogen-bond acceptors (Lipinski definition) is 2. The average Bonchev–Trinajstić information content (AvgIpc) is 3.08. The fraction of sp³-hybridized carbons (Fsp3) is 0.964. The molecule has 0 aromatic rings. The van der Waals surface area contributed by atoms with Crippen LogP contribution >= 0.6 is 0 Å². The Hall–Kier alpha value is -0.530. The lowest BCUT2D eigenvalue weighted by molar-refractivity contribution is -0.149. The first kappa shape index (κ1) is 22.7. The zero-order chi connectivity index (χ0) is 21.5. The lowest BCUT2D eigenvalue weighted by Gasteiger charge is -2.61. The van der Waals surface area contributed by atoms with Crippen molar-refractivity contribution in [3.63, 3.8) is 0 Å². The Morgan fingerprint density at radius 2 is 1.70 bits per heavy atom. The van der Waals surface area contributed by atoms with Crippen LogP contribution in [-0.2, 0) is 9.53 Å². The highest BCUT2D eigenvalue weighted by Gasteiger charge is 2.60. The third-order valence-corrected chi connectivity index (χ3v) is 11.1. The molecule has 0 heterocycles. The van der Waals surface area contributed by atoms with Crippen LogP contribution in [-0.4, -0.2) is 12.1 Å². The first-order valence-corrected chi connectivity index (χ1v) is 13.5. The van der Waals surface area contributed by atoms with Crippen LogP contribution in [0.3, 0.4) is 0 Å². The zero-order valence-corrected chi connectivity index (χ0v) is 20.6. The maximum absolute atomic E-state index is 12.2. The third-order valence-electron chi connectivity index (χ3n) is 11.1. The van der Waals surface area contributed by atoms with Gasteiger partial charge in [0, 0.05) is 6.42 Å². The Bertz CT molecular complexity index is 614. The summed E-state index contributed by atoms with van der Waals surface area (Å²) in [6.45, 7) is 11.9. The van der Waals surface area contributed by atoms with Crippen molar-refractivity contribution in [2.24, 2.45) is 46.3 Å². The van der Waals surface area contributed by atoms with E-state index >= 15 is 0 Å². The fourth-order valence-corrected chi connectivity index (χ4v) is 9.18. The SMILES string of the molecule is CCC(C)OC(=O)CCC(C)C1CCC2C3CCC4CCCCC4(C)C3CCC12C. The highest BCUT2D eigenvalue weighted by Crippen LogP contribution is 2.68. The summed E-state index contributed by atoms with van der Waals surface area (Å²) in [6, 6.07) is 0. The molecule has 0 aromatic heterocycles. The molecular weight excluding hydrogens is 368 g/mol. The van der Waals surface area contributed by atoms with Gasteiger partial charge >= 0.3 is 5.97 Å². The van der Waals surface area contributed by atoms with E-state index in [0.717, 1.165) is 42.4 Å². The van der Waals surface area contributed by atoms with Crippen molar-refractivity contribution in [2.75, 3.05) is 0 Å². The van der Waals surface area contributed by atoms with Gasteiger partial charge in [0.05, 0.1) is 6.10 Å².